The fraction of sp³-hybridized carbons (Fsp3) is 0.211. The summed E-state index contributed by atoms with van der Waals surface area (Å²) < 4.78 is 5.80. The van der Waals surface area contributed by atoms with Crippen LogP contribution in [0.25, 0.3) is 0 Å². The first-order valence-electron chi connectivity index (χ1n) is 7.43. The molecule has 3 nitrogen and oxygen atoms in total. The maximum atomic E-state index is 12.0. The normalized spacial score (nSPS) is 17.6. The van der Waals surface area contributed by atoms with Gasteiger partial charge >= 0.3 is 0 Å². The first-order chi connectivity index (χ1) is 10.7. The van der Waals surface area contributed by atoms with E-state index in [1.54, 1.807) is 0 Å². The van der Waals surface area contributed by atoms with Crippen LogP contribution in [0.4, 0.5) is 5.69 Å². The Bertz CT molecular complexity index is 674. The molecular formula is C19H19NO2. The number of carbonyl (C=O) groups is 1. The zero-order valence-electron chi connectivity index (χ0n) is 12.7. The number of amides is 1. The second-order valence-corrected chi connectivity index (χ2v) is 5.61. The minimum atomic E-state index is 0.150. The molecule has 2 aromatic carbocycles. The van der Waals surface area contributed by atoms with Crippen molar-refractivity contribution in [1.29, 1.82) is 0 Å². The summed E-state index contributed by atoms with van der Waals surface area (Å²) in [6, 6.07) is 15.6. The Balaban J connectivity index is 1.71. The molecule has 1 saturated heterocycles. The van der Waals surface area contributed by atoms with E-state index in [2.05, 4.69) is 6.58 Å². The highest BCUT2D eigenvalue weighted by Gasteiger charge is 2.28. The molecular weight excluding hydrogens is 274 g/mol. The third kappa shape index (κ3) is 3.03. The van der Waals surface area contributed by atoms with Crippen molar-refractivity contribution in [3.63, 3.8) is 0 Å². The van der Waals surface area contributed by atoms with Crippen molar-refractivity contribution in [3.8, 4) is 11.5 Å². The van der Waals surface area contributed by atoms with Crippen molar-refractivity contribution < 1.29 is 9.53 Å². The predicted octanol–water partition coefficient (Wildman–Crippen LogP) is 4.33. The molecule has 1 aliphatic rings. The monoisotopic (exact) mass is 293 g/mol. The molecule has 1 aliphatic heterocycles. The van der Waals surface area contributed by atoms with Gasteiger partial charge in [-0.05, 0) is 43.3 Å². The lowest BCUT2D eigenvalue weighted by Gasteiger charge is -2.16. The van der Waals surface area contributed by atoms with Crippen LogP contribution >= 0.6 is 0 Å². The van der Waals surface area contributed by atoms with E-state index in [1.165, 1.54) is 5.56 Å². The van der Waals surface area contributed by atoms with Crippen LogP contribution in [0.15, 0.2) is 61.2 Å². The standard InChI is InChI=1S/C19H19NO2/c1-3-15-12-19(21)20(13-15)16-6-10-18(11-7-16)22-17-8-4-14(2)5-9-17/h3-11,15H,1,12-13H2,2H3. The number of anilines is 1. The molecule has 112 valence electrons. The van der Waals surface area contributed by atoms with Crippen LogP contribution in [0.1, 0.15) is 12.0 Å². The van der Waals surface area contributed by atoms with Crippen molar-refractivity contribution in [3.05, 3.63) is 66.7 Å². The summed E-state index contributed by atoms with van der Waals surface area (Å²) in [7, 11) is 0. The Morgan fingerprint density at radius 2 is 1.68 bits per heavy atom. The van der Waals surface area contributed by atoms with E-state index in [0.29, 0.717) is 13.0 Å². The zero-order valence-corrected chi connectivity index (χ0v) is 12.7. The van der Waals surface area contributed by atoms with Gasteiger partial charge in [-0.15, -0.1) is 6.58 Å². The zero-order chi connectivity index (χ0) is 15.5. The van der Waals surface area contributed by atoms with Gasteiger partial charge in [0, 0.05) is 24.6 Å². The van der Waals surface area contributed by atoms with Gasteiger partial charge in [0.15, 0.2) is 0 Å². The third-order valence-corrected chi connectivity index (χ3v) is 3.89. The number of hydrogen-bond donors (Lipinski definition) is 0. The van der Waals surface area contributed by atoms with E-state index < -0.39 is 0 Å². The largest absolute Gasteiger partial charge is 0.457 e. The van der Waals surface area contributed by atoms with Crippen LogP contribution in [-0.2, 0) is 4.79 Å². The molecule has 1 fully saturated rings. The summed E-state index contributed by atoms with van der Waals surface area (Å²) in [5.74, 6) is 1.97. The summed E-state index contributed by atoms with van der Waals surface area (Å²) in [5, 5.41) is 0. The van der Waals surface area contributed by atoms with Gasteiger partial charge in [0.2, 0.25) is 5.91 Å². The van der Waals surface area contributed by atoms with Gasteiger partial charge in [0.05, 0.1) is 0 Å². The number of aryl methyl sites for hydroxylation is 1. The highest BCUT2D eigenvalue weighted by molar-refractivity contribution is 5.96. The molecule has 0 aliphatic carbocycles. The molecule has 0 bridgehead atoms. The summed E-state index contributed by atoms with van der Waals surface area (Å²) in [6.07, 6.45) is 2.40. The number of nitrogens with zero attached hydrogens (tertiary/aromatic N) is 1. The molecule has 0 N–H and O–H groups in total. The van der Waals surface area contributed by atoms with Crippen molar-refractivity contribution in [2.45, 2.75) is 13.3 Å². The van der Waals surface area contributed by atoms with Crippen molar-refractivity contribution in [2.24, 2.45) is 5.92 Å². The van der Waals surface area contributed by atoms with Crippen LogP contribution in [0, 0.1) is 12.8 Å². The molecule has 3 heteroatoms. The average Bonchev–Trinajstić information content (AvgIpc) is 2.91. The van der Waals surface area contributed by atoms with Gasteiger partial charge in [0.1, 0.15) is 11.5 Å². The Hall–Kier alpha value is -2.55. The number of carbonyl (C=O) groups excluding carboxylic acids is 1. The highest BCUT2D eigenvalue weighted by Crippen LogP contribution is 2.28. The van der Waals surface area contributed by atoms with Gasteiger partial charge < -0.3 is 9.64 Å². The van der Waals surface area contributed by atoms with Gasteiger partial charge in [-0.1, -0.05) is 23.8 Å². The molecule has 3 rings (SSSR count). The van der Waals surface area contributed by atoms with Crippen LogP contribution in [0.5, 0.6) is 11.5 Å². The quantitative estimate of drug-likeness (QED) is 0.785. The minimum Gasteiger partial charge on any atom is -0.457 e. The molecule has 22 heavy (non-hydrogen) atoms. The minimum absolute atomic E-state index is 0.150. The Kier molecular flexibility index (Phi) is 3.96. The molecule has 0 aromatic heterocycles. The topological polar surface area (TPSA) is 29.5 Å². The lowest BCUT2D eigenvalue weighted by molar-refractivity contribution is -0.117. The van der Waals surface area contributed by atoms with Crippen molar-refractivity contribution in [1.82, 2.24) is 0 Å². The van der Waals surface area contributed by atoms with Gasteiger partial charge in [-0.2, -0.15) is 0 Å². The van der Waals surface area contributed by atoms with Gasteiger partial charge in [-0.25, -0.2) is 0 Å². The Morgan fingerprint density at radius 1 is 1.09 bits per heavy atom. The Morgan fingerprint density at radius 3 is 2.23 bits per heavy atom. The summed E-state index contributed by atoms with van der Waals surface area (Å²) in [4.78, 5) is 13.8. The summed E-state index contributed by atoms with van der Waals surface area (Å²) >= 11 is 0. The lowest BCUT2D eigenvalue weighted by atomic mass is 10.1. The van der Waals surface area contributed by atoms with E-state index in [4.69, 9.17) is 4.74 Å². The maximum absolute atomic E-state index is 12.0. The average molecular weight is 293 g/mol. The molecule has 1 unspecified atom stereocenters. The predicted molar refractivity (Wildman–Crippen MR) is 88.4 cm³/mol. The first-order valence-corrected chi connectivity index (χ1v) is 7.43. The van der Waals surface area contributed by atoms with Crippen LogP contribution < -0.4 is 9.64 Å². The number of hydrogen-bond acceptors (Lipinski definition) is 2. The second-order valence-electron chi connectivity index (χ2n) is 5.61. The highest BCUT2D eigenvalue weighted by atomic mass is 16.5. The fourth-order valence-electron chi connectivity index (χ4n) is 2.58. The summed E-state index contributed by atoms with van der Waals surface area (Å²) in [6.45, 7) is 6.53. The van der Waals surface area contributed by atoms with E-state index >= 15 is 0 Å². The Labute approximate surface area is 130 Å². The first kappa shape index (κ1) is 14.4. The van der Waals surface area contributed by atoms with Crippen LogP contribution in [-0.4, -0.2) is 12.5 Å². The van der Waals surface area contributed by atoms with Crippen LogP contribution in [0.2, 0.25) is 0 Å². The molecule has 0 spiro atoms. The lowest BCUT2D eigenvalue weighted by Crippen LogP contribution is -2.24. The number of benzene rings is 2. The molecule has 0 saturated carbocycles. The second kappa shape index (κ2) is 6.06. The smallest absolute Gasteiger partial charge is 0.227 e. The van der Waals surface area contributed by atoms with Crippen molar-refractivity contribution >= 4 is 11.6 Å². The van der Waals surface area contributed by atoms with E-state index in [1.807, 2.05) is 66.4 Å². The molecule has 1 heterocycles. The molecule has 0 radical (unpaired) electrons. The maximum Gasteiger partial charge on any atom is 0.227 e. The van der Waals surface area contributed by atoms with Gasteiger partial charge in [-0.3, -0.25) is 4.79 Å². The van der Waals surface area contributed by atoms with E-state index in [0.717, 1.165) is 17.2 Å². The van der Waals surface area contributed by atoms with E-state index in [-0.39, 0.29) is 11.8 Å². The number of ether oxygens (including phenoxy) is 1. The SMILES string of the molecule is C=CC1CC(=O)N(c2ccc(Oc3ccc(C)cc3)cc2)C1. The third-order valence-electron chi connectivity index (χ3n) is 3.89. The molecule has 1 atom stereocenters. The summed E-state index contributed by atoms with van der Waals surface area (Å²) in [5.41, 5.74) is 2.11. The van der Waals surface area contributed by atoms with E-state index in [9.17, 15) is 4.79 Å². The molecule has 2 aromatic rings. The molecule has 1 amide bonds. The fourth-order valence-corrected chi connectivity index (χ4v) is 2.58. The van der Waals surface area contributed by atoms with Crippen molar-refractivity contribution in [2.75, 3.05) is 11.4 Å². The number of rotatable bonds is 4. The van der Waals surface area contributed by atoms with Gasteiger partial charge in [0.25, 0.3) is 0 Å². The van der Waals surface area contributed by atoms with Crippen LogP contribution in [0.3, 0.4) is 0 Å².